The van der Waals surface area contributed by atoms with E-state index < -0.39 is 5.60 Å². The minimum Gasteiger partial charge on any atom is -0.506 e. The van der Waals surface area contributed by atoms with Crippen molar-refractivity contribution in [3.8, 4) is 17.2 Å². The molecule has 2 rings (SSSR count). The van der Waals surface area contributed by atoms with Crippen LogP contribution in [0.3, 0.4) is 0 Å². The number of phenolic OH excluding ortho intramolecular Hbond substituents is 1. The van der Waals surface area contributed by atoms with Crippen LogP contribution in [-0.2, 0) is 5.60 Å². The maximum Gasteiger partial charge on any atom is 0.231 e. The molecule has 2 N–H and O–H groups in total. The number of hydrogen-bond acceptors (Lipinski definition) is 4. The van der Waals surface area contributed by atoms with Crippen LogP contribution < -0.4 is 9.47 Å². The number of halogens is 1. The van der Waals surface area contributed by atoms with Crippen molar-refractivity contribution in [3.05, 3.63) is 16.1 Å². The van der Waals surface area contributed by atoms with Crippen molar-refractivity contribution in [2.75, 3.05) is 6.79 Å². The van der Waals surface area contributed by atoms with E-state index in [1.807, 2.05) is 0 Å². The van der Waals surface area contributed by atoms with Gasteiger partial charge in [-0.25, -0.2) is 0 Å². The molecule has 5 heteroatoms. The van der Waals surface area contributed by atoms with Crippen molar-refractivity contribution >= 4 is 15.9 Å². The fraction of sp³-hybridized carbons (Fsp3) is 0.400. The molecule has 0 spiro atoms. The molecule has 4 nitrogen and oxygen atoms in total. The summed E-state index contributed by atoms with van der Waals surface area (Å²) in [5.74, 6) is 0.909. The Labute approximate surface area is 95.6 Å². The maximum absolute atomic E-state index is 9.94. The van der Waals surface area contributed by atoms with E-state index in [1.54, 1.807) is 19.9 Å². The zero-order valence-corrected chi connectivity index (χ0v) is 9.96. The van der Waals surface area contributed by atoms with E-state index in [0.717, 1.165) is 0 Å². The maximum atomic E-state index is 9.94. The van der Waals surface area contributed by atoms with E-state index in [9.17, 15) is 10.2 Å². The molecule has 1 aromatic carbocycles. The Bertz CT molecular complexity index is 409. The lowest BCUT2D eigenvalue weighted by Crippen LogP contribution is -2.16. The third-order valence-electron chi connectivity index (χ3n) is 2.20. The number of fused-ring (bicyclic) bond motifs is 1. The summed E-state index contributed by atoms with van der Waals surface area (Å²) in [6.07, 6.45) is 0. The highest BCUT2D eigenvalue weighted by molar-refractivity contribution is 9.10. The molecule has 0 aromatic heterocycles. The lowest BCUT2D eigenvalue weighted by molar-refractivity contribution is 0.0715. The molecule has 1 aromatic rings. The number of rotatable bonds is 1. The molecule has 0 radical (unpaired) electrons. The zero-order valence-electron chi connectivity index (χ0n) is 8.37. The van der Waals surface area contributed by atoms with E-state index in [-0.39, 0.29) is 12.5 Å². The summed E-state index contributed by atoms with van der Waals surface area (Å²) in [6.45, 7) is 3.27. The second-order valence-electron chi connectivity index (χ2n) is 3.87. The van der Waals surface area contributed by atoms with Crippen LogP contribution in [0.5, 0.6) is 17.2 Å². The van der Waals surface area contributed by atoms with Gasteiger partial charge in [0, 0.05) is 6.07 Å². The van der Waals surface area contributed by atoms with Crippen LogP contribution in [0.2, 0.25) is 0 Å². The number of phenols is 1. The van der Waals surface area contributed by atoms with Gasteiger partial charge in [0.2, 0.25) is 6.79 Å². The highest BCUT2D eigenvalue weighted by atomic mass is 79.9. The van der Waals surface area contributed by atoms with Crippen LogP contribution in [0.4, 0.5) is 0 Å². The molecular formula is C10H11BrO4. The van der Waals surface area contributed by atoms with Gasteiger partial charge < -0.3 is 19.7 Å². The molecule has 0 saturated carbocycles. The van der Waals surface area contributed by atoms with Crippen LogP contribution in [-0.4, -0.2) is 17.0 Å². The Kier molecular flexibility index (Phi) is 2.31. The fourth-order valence-corrected chi connectivity index (χ4v) is 1.98. The number of aromatic hydroxyl groups is 1. The van der Waals surface area contributed by atoms with Crippen molar-refractivity contribution in [1.29, 1.82) is 0 Å². The van der Waals surface area contributed by atoms with Crippen molar-refractivity contribution in [2.45, 2.75) is 19.4 Å². The van der Waals surface area contributed by atoms with Gasteiger partial charge in [0.15, 0.2) is 11.5 Å². The molecule has 0 fully saturated rings. The fourth-order valence-electron chi connectivity index (χ4n) is 1.57. The van der Waals surface area contributed by atoms with Gasteiger partial charge in [-0.15, -0.1) is 0 Å². The Hall–Kier alpha value is -0.940. The Balaban J connectivity index is 2.71. The second kappa shape index (κ2) is 3.28. The van der Waals surface area contributed by atoms with Crippen LogP contribution in [0.25, 0.3) is 0 Å². The van der Waals surface area contributed by atoms with Gasteiger partial charge in [0.05, 0.1) is 15.6 Å². The van der Waals surface area contributed by atoms with Gasteiger partial charge in [0.1, 0.15) is 5.75 Å². The molecule has 1 heterocycles. The van der Waals surface area contributed by atoms with Gasteiger partial charge in [-0.2, -0.15) is 0 Å². The van der Waals surface area contributed by atoms with Crippen molar-refractivity contribution in [2.24, 2.45) is 0 Å². The number of benzene rings is 1. The van der Waals surface area contributed by atoms with Crippen LogP contribution in [0, 0.1) is 0 Å². The van der Waals surface area contributed by atoms with Crippen LogP contribution in [0.15, 0.2) is 10.5 Å². The average Bonchev–Trinajstić information content (AvgIpc) is 2.50. The van der Waals surface area contributed by atoms with Gasteiger partial charge >= 0.3 is 0 Å². The summed E-state index contributed by atoms with van der Waals surface area (Å²) in [7, 11) is 0. The summed E-state index contributed by atoms with van der Waals surface area (Å²) in [5.41, 5.74) is -0.851. The van der Waals surface area contributed by atoms with E-state index in [0.29, 0.717) is 21.5 Å². The quantitative estimate of drug-likeness (QED) is 0.824. The SMILES string of the molecule is CC(C)(O)c1c(O)c(Br)cc2c1OCO2. The Morgan fingerprint density at radius 3 is 2.67 bits per heavy atom. The summed E-state index contributed by atoms with van der Waals surface area (Å²) in [6, 6.07) is 1.62. The molecule has 0 saturated heterocycles. The predicted octanol–water partition coefficient (Wildman–Crippen LogP) is 2.11. The van der Waals surface area contributed by atoms with E-state index in [1.165, 1.54) is 0 Å². The molecule has 0 aliphatic carbocycles. The molecule has 0 amide bonds. The van der Waals surface area contributed by atoms with Crippen molar-refractivity contribution in [1.82, 2.24) is 0 Å². The standard InChI is InChI=1S/C10H11BrO4/c1-10(2,13)7-8(12)5(11)3-6-9(7)15-4-14-6/h3,12-13H,4H2,1-2H3. The first-order chi connectivity index (χ1) is 6.91. The van der Waals surface area contributed by atoms with Gasteiger partial charge in [-0.05, 0) is 29.8 Å². The molecule has 1 aliphatic rings. The number of hydrogen-bond donors (Lipinski definition) is 2. The molecule has 15 heavy (non-hydrogen) atoms. The zero-order chi connectivity index (χ0) is 11.2. The number of aliphatic hydroxyl groups is 1. The highest BCUT2D eigenvalue weighted by Crippen LogP contribution is 2.48. The average molecular weight is 275 g/mol. The smallest absolute Gasteiger partial charge is 0.231 e. The van der Waals surface area contributed by atoms with Gasteiger partial charge in [-0.1, -0.05) is 0 Å². The summed E-state index contributed by atoms with van der Waals surface area (Å²) < 4.78 is 10.9. The molecular weight excluding hydrogens is 264 g/mol. The van der Waals surface area contributed by atoms with Crippen molar-refractivity contribution < 1.29 is 19.7 Å². The van der Waals surface area contributed by atoms with E-state index >= 15 is 0 Å². The molecule has 0 atom stereocenters. The highest BCUT2D eigenvalue weighted by Gasteiger charge is 2.32. The predicted molar refractivity (Wildman–Crippen MR) is 57.2 cm³/mol. The normalized spacial score (nSPS) is 14.4. The monoisotopic (exact) mass is 274 g/mol. The summed E-state index contributed by atoms with van der Waals surface area (Å²) in [4.78, 5) is 0. The molecule has 1 aliphatic heterocycles. The minimum absolute atomic E-state index is 0.0215. The third kappa shape index (κ3) is 1.66. The molecule has 82 valence electrons. The summed E-state index contributed by atoms with van der Waals surface area (Å²) >= 11 is 3.20. The Morgan fingerprint density at radius 1 is 1.40 bits per heavy atom. The van der Waals surface area contributed by atoms with Crippen LogP contribution >= 0.6 is 15.9 Å². The van der Waals surface area contributed by atoms with E-state index in [2.05, 4.69) is 15.9 Å². The molecule has 0 unspecified atom stereocenters. The van der Waals surface area contributed by atoms with Crippen molar-refractivity contribution in [3.63, 3.8) is 0 Å². The Morgan fingerprint density at radius 2 is 2.07 bits per heavy atom. The van der Waals surface area contributed by atoms with Crippen LogP contribution in [0.1, 0.15) is 19.4 Å². The third-order valence-corrected chi connectivity index (χ3v) is 2.81. The number of ether oxygens (including phenoxy) is 2. The lowest BCUT2D eigenvalue weighted by Gasteiger charge is -2.21. The van der Waals surface area contributed by atoms with Gasteiger partial charge in [-0.3, -0.25) is 0 Å². The van der Waals surface area contributed by atoms with E-state index in [4.69, 9.17) is 9.47 Å². The second-order valence-corrected chi connectivity index (χ2v) is 4.73. The first-order valence-electron chi connectivity index (χ1n) is 4.45. The first-order valence-corrected chi connectivity index (χ1v) is 5.24. The van der Waals surface area contributed by atoms with Gasteiger partial charge in [0.25, 0.3) is 0 Å². The minimum atomic E-state index is -1.19. The topological polar surface area (TPSA) is 58.9 Å². The largest absolute Gasteiger partial charge is 0.506 e. The molecule has 0 bridgehead atoms. The summed E-state index contributed by atoms with van der Waals surface area (Å²) in [5, 5.41) is 19.8. The lowest BCUT2D eigenvalue weighted by atomic mass is 9.96. The first kappa shape index (κ1) is 10.6.